The summed E-state index contributed by atoms with van der Waals surface area (Å²) in [5.74, 6) is 0. The van der Waals surface area contributed by atoms with Crippen molar-refractivity contribution in [1.29, 1.82) is 0 Å². The molecule has 0 spiro atoms. The van der Waals surface area contributed by atoms with Gasteiger partial charge in [-0.1, -0.05) is 121 Å². The fraction of sp³-hybridized carbons (Fsp3) is 0.300. The molecule has 4 heterocycles. The zero-order chi connectivity index (χ0) is 37.0. The first kappa shape index (κ1) is 43.6. The summed E-state index contributed by atoms with van der Waals surface area (Å²) in [4.78, 5) is 15.6. The number of hydrogen-bond donors (Lipinski definition) is 4. The molecule has 4 aliphatic heterocycles. The van der Waals surface area contributed by atoms with Gasteiger partial charge in [0.05, 0.1) is 24.2 Å². The van der Waals surface area contributed by atoms with Gasteiger partial charge >= 0.3 is 24.3 Å². The molecule has 0 bridgehead atoms. The molecule has 0 saturated carbocycles. The summed E-state index contributed by atoms with van der Waals surface area (Å²) in [5.41, 5.74) is 4.18. The molecule has 0 saturated heterocycles. The number of ether oxygens (including phenoxy) is 4. The Morgan fingerprint density at radius 1 is 0.333 bits per heavy atom. The third-order valence-electron chi connectivity index (χ3n) is 8.45. The third-order valence-corrected chi connectivity index (χ3v) is 8.45. The van der Waals surface area contributed by atoms with Gasteiger partial charge in [-0.25, -0.2) is 20.0 Å². The maximum absolute atomic E-state index is 9.06. The smallest absolute Gasteiger partial charge is 0.382 e. The Balaban J connectivity index is 0.000000191. The van der Waals surface area contributed by atoms with Crippen molar-refractivity contribution in [3.63, 3.8) is 0 Å². The van der Waals surface area contributed by atoms with Crippen molar-refractivity contribution in [1.82, 2.24) is 0 Å². The van der Waals surface area contributed by atoms with Crippen LogP contribution in [0.4, 0.5) is 0 Å². The summed E-state index contributed by atoms with van der Waals surface area (Å²) >= 11 is 0. The molecule has 0 aromatic heterocycles. The molecule has 14 heteroatoms. The molecule has 4 N–H and O–H groups in total. The van der Waals surface area contributed by atoms with Gasteiger partial charge < -0.3 is 39.4 Å². The summed E-state index contributed by atoms with van der Waals surface area (Å²) in [6, 6.07) is 39.0. The average molecular weight is 915 g/mol. The van der Waals surface area contributed by atoms with E-state index in [1.807, 2.05) is 149 Å². The van der Waals surface area contributed by atoms with Crippen LogP contribution in [0.1, 0.15) is 74.4 Å². The third kappa shape index (κ3) is 12.1. The molecule has 290 valence electrons. The van der Waals surface area contributed by atoms with E-state index in [1.54, 1.807) is 0 Å². The Hall–Kier alpha value is -4.79. The standard InChI is InChI=1S/4C10H11NO2.2Rh/c4*1-7-9(13-10(12)11-7)8-5-3-2-4-6-8;;/h4*2-7,9H,1H3,(H,11,12);;/t4*7-,9+;;/m0000../s1. The fourth-order valence-corrected chi connectivity index (χ4v) is 5.89. The van der Waals surface area contributed by atoms with Crippen molar-refractivity contribution in [2.75, 3.05) is 0 Å². The van der Waals surface area contributed by atoms with Crippen LogP contribution in [-0.4, -0.2) is 68.9 Å². The molecule has 8 atom stereocenters. The molecule has 0 aliphatic carbocycles. The first-order valence-electron chi connectivity index (χ1n) is 17.0. The van der Waals surface area contributed by atoms with E-state index in [4.69, 9.17) is 39.4 Å². The van der Waals surface area contributed by atoms with Crippen molar-refractivity contribution in [3.05, 3.63) is 144 Å². The van der Waals surface area contributed by atoms with Gasteiger partial charge in [0.15, 0.2) is 24.4 Å². The van der Waals surface area contributed by atoms with Crippen molar-refractivity contribution < 1.29 is 78.3 Å². The van der Waals surface area contributed by atoms with Gasteiger partial charge in [-0.3, -0.25) is 0 Å². The minimum Gasteiger partial charge on any atom is -0.466 e. The van der Waals surface area contributed by atoms with E-state index >= 15 is 0 Å². The SMILES string of the molecule is C[C@@H]1N=C(O)O[C@H]1c1ccccc1.C[C@@H]1N=C(O)O[C@H]1c1ccccc1.C[C@@H]1N=C(O)O[C@H]1c1ccccc1.C[C@@H]1N=C(O)O[C@H]1c1ccccc1.[Rh].[Rh]. The second-order valence-electron chi connectivity index (χ2n) is 12.4. The number of aliphatic imine (C=N–C) groups is 4. The van der Waals surface area contributed by atoms with Gasteiger partial charge in [-0.15, -0.1) is 0 Å². The van der Waals surface area contributed by atoms with Gasteiger partial charge in [-0.2, -0.15) is 0 Å². The minimum absolute atomic E-state index is 0. The van der Waals surface area contributed by atoms with Gasteiger partial charge in [0.2, 0.25) is 0 Å². The summed E-state index contributed by atoms with van der Waals surface area (Å²) < 4.78 is 20.7. The van der Waals surface area contributed by atoms with Crippen LogP contribution in [-0.2, 0) is 57.9 Å². The Labute approximate surface area is 340 Å². The second kappa shape index (κ2) is 21.2. The molecule has 54 heavy (non-hydrogen) atoms. The van der Waals surface area contributed by atoms with E-state index in [-0.39, 0.29) is 112 Å². The van der Waals surface area contributed by atoms with Crippen LogP contribution in [0.2, 0.25) is 0 Å². The molecule has 0 fully saturated rings. The molecule has 0 amide bonds. The van der Waals surface area contributed by atoms with Crippen molar-refractivity contribution in [2.24, 2.45) is 20.0 Å². The van der Waals surface area contributed by atoms with Crippen molar-refractivity contribution in [3.8, 4) is 0 Å². The van der Waals surface area contributed by atoms with Crippen LogP contribution in [0.25, 0.3) is 0 Å². The predicted octanol–water partition coefficient (Wildman–Crippen LogP) is 8.24. The largest absolute Gasteiger partial charge is 0.466 e. The molecule has 2 radical (unpaired) electrons. The Morgan fingerprint density at radius 3 is 0.630 bits per heavy atom. The summed E-state index contributed by atoms with van der Waals surface area (Å²) in [5, 5.41) is 36.2. The molecule has 8 rings (SSSR count). The van der Waals surface area contributed by atoms with E-state index in [0.29, 0.717) is 0 Å². The molecule has 4 aliphatic rings. The summed E-state index contributed by atoms with van der Waals surface area (Å²) in [6.07, 6.45) is -1.38. The average Bonchev–Trinajstić information content (AvgIpc) is 3.90. The first-order chi connectivity index (χ1) is 25.1. The number of nitrogens with zero attached hydrogens (tertiary/aromatic N) is 4. The zero-order valence-corrected chi connectivity index (χ0v) is 33.3. The van der Waals surface area contributed by atoms with Crippen LogP contribution in [0.3, 0.4) is 0 Å². The maximum Gasteiger partial charge on any atom is 0.382 e. The molecule has 4 aromatic carbocycles. The van der Waals surface area contributed by atoms with E-state index in [0.717, 1.165) is 22.3 Å². The number of rotatable bonds is 4. The fourth-order valence-electron chi connectivity index (χ4n) is 5.89. The van der Waals surface area contributed by atoms with Gasteiger partial charge in [0.25, 0.3) is 0 Å². The summed E-state index contributed by atoms with van der Waals surface area (Å²) in [6.45, 7) is 7.67. The molecule has 0 unspecified atom stereocenters. The van der Waals surface area contributed by atoms with Crippen LogP contribution >= 0.6 is 0 Å². The van der Waals surface area contributed by atoms with E-state index in [9.17, 15) is 0 Å². The van der Waals surface area contributed by atoms with Crippen LogP contribution in [0.15, 0.2) is 141 Å². The van der Waals surface area contributed by atoms with E-state index < -0.39 is 0 Å². The van der Waals surface area contributed by atoms with Crippen LogP contribution in [0, 0.1) is 0 Å². The van der Waals surface area contributed by atoms with Gasteiger partial charge in [-0.05, 0) is 49.9 Å². The molecule has 4 aromatic rings. The predicted molar refractivity (Wildman–Crippen MR) is 199 cm³/mol. The van der Waals surface area contributed by atoms with Crippen molar-refractivity contribution >= 4 is 24.3 Å². The number of aliphatic hydroxyl groups excluding tert-OH is 4. The first-order valence-corrected chi connectivity index (χ1v) is 17.0. The number of benzene rings is 4. The number of hydrogen-bond acceptors (Lipinski definition) is 8. The van der Waals surface area contributed by atoms with Gasteiger partial charge in [0.1, 0.15) is 0 Å². The van der Waals surface area contributed by atoms with Crippen LogP contribution in [0.5, 0.6) is 0 Å². The Morgan fingerprint density at radius 2 is 0.500 bits per heavy atom. The second-order valence-corrected chi connectivity index (χ2v) is 12.4. The monoisotopic (exact) mass is 914 g/mol. The van der Waals surface area contributed by atoms with E-state index in [2.05, 4.69) is 20.0 Å². The van der Waals surface area contributed by atoms with E-state index in [1.165, 1.54) is 0 Å². The normalized spacial score (nSPS) is 25.7. The Kier molecular flexibility index (Phi) is 17.1. The molecule has 12 nitrogen and oxygen atoms in total. The maximum atomic E-state index is 9.06. The quantitative estimate of drug-likeness (QED) is 0.149. The minimum atomic E-state index is -0.207. The van der Waals surface area contributed by atoms with Crippen LogP contribution < -0.4 is 0 Å². The van der Waals surface area contributed by atoms with Gasteiger partial charge in [0, 0.05) is 39.0 Å². The topological polar surface area (TPSA) is 167 Å². The Bertz CT molecular complexity index is 1570. The van der Waals surface area contributed by atoms with Crippen molar-refractivity contribution in [2.45, 2.75) is 76.3 Å². The number of aliphatic hydroxyl groups is 4. The molecular formula is C40H44N4O8Rh2. The molecular weight excluding hydrogens is 870 g/mol. The summed E-state index contributed by atoms with van der Waals surface area (Å²) in [7, 11) is 0. The zero-order valence-electron chi connectivity index (χ0n) is 30.0.